The average Bonchev–Trinajstić information content (AvgIpc) is 2.66. The molecule has 1 amide bonds. The van der Waals surface area contributed by atoms with E-state index in [2.05, 4.69) is 10.6 Å². The molecule has 1 aliphatic rings. The molecule has 0 aromatic rings. The van der Waals surface area contributed by atoms with Gasteiger partial charge in [-0.2, -0.15) is 0 Å². The Kier molecular flexibility index (Phi) is 7.75. The Labute approximate surface area is 110 Å². The second kappa shape index (κ2) is 7.90. The van der Waals surface area contributed by atoms with Gasteiger partial charge in [-0.15, -0.1) is 12.4 Å². The standard InChI is InChI=1S/C12H24N2O2.ClH/c1-12(2,9-16-3)14-11(15)7-6-10-5-4-8-13-10;/h10,13H,4-9H2,1-3H3,(H,14,15);1H. The van der Waals surface area contributed by atoms with Gasteiger partial charge in [-0.25, -0.2) is 0 Å². The van der Waals surface area contributed by atoms with Crippen molar-refractivity contribution in [1.29, 1.82) is 0 Å². The molecule has 0 spiro atoms. The molecular weight excluding hydrogens is 240 g/mol. The van der Waals surface area contributed by atoms with E-state index in [1.165, 1.54) is 12.8 Å². The number of methoxy groups -OCH3 is 1. The molecule has 17 heavy (non-hydrogen) atoms. The van der Waals surface area contributed by atoms with Crippen LogP contribution < -0.4 is 10.6 Å². The zero-order chi connectivity index (χ0) is 12.0. The summed E-state index contributed by atoms with van der Waals surface area (Å²) in [4.78, 5) is 11.7. The van der Waals surface area contributed by atoms with Crippen molar-refractivity contribution in [2.75, 3.05) is 20.3 Å². The molecule has 0 radical (unpaired) electrons. The Hall–Kier alpha value is -0.320. The van der Waals surface area contributed by atoms with Gasteiger partial charge < -0.3 is 15.4 Å². The van der Waals surface area contributed by atoms with E-state index in [-0.39, 0.29) is 23.9 Å². The third-order valence-electron chi connectivity index (χ3n) is 2.87. The van der Waals surface area contributed by atoms with Crippen LogP contribution in [0.25, 0.3) is 0 Å². The molecule has 0 bridgehead atoms. The minimum atomic E-state index is -0.269. The fourth-order valence-electron chi connectivity index (χ4n) is 2.15. The highest BCUT2D eigenvalue weighted by atomic mass is 35.5. The Morgan fingerprint density at radius 1 is 1.53 bits per heavy atom. The minimum absolute atomic E-state index is 0. The van der Waals surface area contributed by atoms with Crippen LogP contribution in [0.15, 0.2) is 0 Å². The molecule has 1 saturated heterocycles. The largest absolute Gasteiger partial charge is 0.382 e. The number of carbonyl (C=O) groups is 1. The van der Waals surface area contributed by atoms with Gasteiger partial charge in [0.25, 0.3) is 0 Å². The summed E-state index contributed by atoms with van der Waals surface area (Å²) in [7, 11) is 1.65. The lowest BCUT2D eigenvalue weighted by atomic mass is 10.1. The summed E-state index contributed by atoms with van der Waals surface area (Å²) in [5.74, 6) is 0.121. The van der Waals surface area contributed by atoms with Gasteiger partial charge in [0, 0.05) is 19.6 Å². The zero-order valence-corrected chi connectivity index (χ0v) is 11.9. The van der Waals surface area contributed by atoms with Gasteiger partial charge in [-0.1, -0.05) is 0 Å². The molecular formula is C12H25ClN2O2. The lowest BCUT2D eigenvalue weighted by Crippen LogP contribution is -2.47. The maximum absolute atomic E-state index is 11.7. The Morgan fingerprint density at radius 3 is 2.76 bits per heavy atom. The van der Waals surface area contributed by atoms with Crippen molar-refractivity contribution in [2.45, 2.75) is 51.1 Å². The normalized spacial score (nSPS) is 19.8. The number of hydrogen-bond donors (Lipinski definition) is 2. The van der Waals surface area contributed by atoms with Crippen molar-refractivity contribution in [3.8, 4) is 0 Å². The molecule has 1 fully saturated rings. The maximum atomic E-state index is 11.7. The first-order chi connectivity index (χ1) is 7.53. The van der Waals surface area contributed by atoms with Crippen LogP contribution in [-0.4, -0.2) is 37.7 Å². The third-order valence-corrected chi connectivity index (χ3v) is 2.87. The second-order valence-corrected chi connectivity index (χ2v) is 5.20. The molecule has 4 nitrogen and oxygen atoms in total. The number of rotatable bonds is 6. The van der Waals surface area contributed by atoms with Crippen LogP contribution in [0.4, 0.5) is 0 Å². The number of hydrogen-bond acceptors (Lipinski definition) is 3. The molecule has 5 heteroatoms. The Balaban J connectivity index is 0.00000256. The first-order valence-electron chi connectivity index (χ1n) is 6.07. The van der Waals surface area contributed by atoms with Gasteiger partial charge in [-0.3, -0.25) is 4.79 Å². The topological polar surface area (TPSA) is 50.4 Å². The van der Waals surface area contributed by atoms with Crippen LogP contribution in [0.2, 0.25) is 0 Å². The summed E-state index contributed by atoms with van der Waals surface area (Å²) in [6.07, 6.45) is 3.98. The summed E-state index contributed by atoms with van der Waals surface area (Å²) >= 11 is 0. The van der Waals surface area contributed by atoms with Gasteiger partial charge in [0.15, 0.2) is 0 Å². The van der Waals surface area contributed by atoms with E-state index in [0.29, 0.717) is 19.1 Å². The highest BCUT2D eigenvalue weighted by Crippen LogP contribution is 2.11. The highest BCUT2D eigenvalue weighted by molar-refractivity contribution is 5.85. The summed E-state index contributed by atoms with van der Waals surface area (Å²) in [6.45, 7) is 5.59. The molecule has 0 aliphatic carbocycles. The minimum Gasteiger partial charge on any atom is -0.382 e. The summed E-state index contributed by atoms with van der Waals surface area (Å²) in [6, 6.07) is 0.538. The van der Waals surface area contributed by atoms with Crippen molar-refractivity contribution >= 4 is 18.3 Å². The lowest BCUT2D eigenvalue weighted by Gasteiger charge is -2.25. The maximum Gasteiger partial charge on any atom is 0.220 e. The first kappa shape index (κ1) is 16.7. The smallest absolute Gasteiger partial charge is 0.220 e. The summed E-state index contributed by atoms with van der Waals surface area (Å²) in [5, 5.41) is 6.38. The van der Waals surface area contributed by atoms with E-state index in [9.17, 15) is 4.79 Å². The Bertz CT molecular complexity index is 229. The quantitative estimate of drug-likeness (QED) is 0.764. The average molecular weight is 265 g/mol. The van der Waals surface area contributed by atoms with E-state index in [4.69, 9.17) is 4.74 Å². The second-order valence-electron chi connectivity index (χ2n) is 5.20. The number of nitrogens with one attached hydrogen (secondary N) is 2. The fourth-order valence-corrected chi connectivity index (χ4v) is 2.15. The van der Waals surface area contributed by atoms with E-state index in [1.807, 2.05) is 13.8 Å². The van der Waals surface area contributed by atoms with Crippen LogP contribution in [0.1, 0.15) is 39.5 Å². The van der Waals surface area contributed by atoms with E-state index < -0.39 is 0 Å². The molecule has 0 aromatic heterocycles. The molecule has 2 N–H and O–H groups in total. The molecule has 1 heterocycles. The van der Waals surface area contributed by atoms with Crippen LogP contribution in [0.5, 0.6) is 0 Å². The first-order valence-corrected chi connectivity index (χ1v) is 6.07. The molecule has 1 unspecified atom stereocenters. The van der Waals surface area contributed by atoms with Crippen molar-refractivity contribution in [3.05, 3.63) is 0 Å². The lowest BCUT2D eigenvalue weighted by molar-refractivity contribution is -0.123. The van der Waals surface area contributed by atoms with Gasteiger partial charge in [-0.05, 0) is 39.7 Å². The highest BCUT2D eigenvalue weighted by Gasteiger charge is 2.21. The molecule has 1 rings (SSSR count). The molecule has 102 valence electrons. The molecule has 1 atom stereocenters. The zero-order valence-electron chi connectivity index (χ0n) is 11.0. The van der Waals surface area contributed by atoms with E-state index in [1.54, 1.807) is 7.11 Å². The van der Waals surface area contributed by atoms with Crippen molar-refractivity contribution < 1.29 is 9.53 Å². The van der Waals surface area contributed by atoms with Gasteiger partial charge in [0.1, 0.15) is 0 Å². The predicted octanol–water partition coefficient (Wildman–Crippen LogP) is 1.48. The fraction of sp³-hybridized carbons (Fsp3) is 0.917. The van der Waals surface area contributed by atoms with Crippen LogP contribution in [0, 0.1) is 0 Å². The van der Waals surface area contributed by atoms with Crippen molar-refractivity contribution in [2.24, 2.45) is 0 Å². The monoisotopic (exact) mass is 264 g/mol. The SMILES string of the molecule is COCC(C)(C)NC(=O)CCC1CCCN1.Cl. The molecule has 0 saturated carbocycles. The third kappa shape index (κ3) is 6.86. The molecule has 0 aromatic carbocycles. The van der Waals surface area contributed by atoms with Gasteiger partial charge in [0.05, 0.1) is 12.1 Å². The van der Waals surface area contributed by atoms with Crippen LogP contribution in [-0.2, 0) is 9.53 Å². The number of halogens is 1. The van der Waals surface area contributed by atoms with Crippen LogP contribution >= 0.6 is 12.4 Å². The number of amides is 1. The van der Waals surface area contributed by atoms with Crippen molar-refractivity contribution in [3.63, 3.8) is 0 Å². The Morgan fingerprint density at radius 2 is 2.24 bits per heavy atom. The number of carbonyl (C=O) groups excluding carboxylic acids is 1. The number of ether oxygens (including phenoxy) is 1. The van der Waals surface area contributed by atoms with E-state index >= 15 is 0 Å². The van der Waals surface area contributed by atoms with Gasteiger partial charge >= 0.3 is 0 Å². The summed E-state index contributed by atoms with van der Waals surface area (Å²) < 4.78 is 5.06. The summed E-state index contributed by atoms with van der Waals surface area (Å²) in [5.41, 5.74) is -0.269. The van der Waals surface area contributed by atoms with Gasteiger partial charge in [0.2, 0.25) is 5.91 Å². The molecule has 1 aliphatic heterocycles. The predicted molar refractivity (Wildman–Crippen MR) is 71.6 cm³/mol. The van der Waals surface area contributed by atoms with Crippen molar-refractivity contribution in [1.82, 2.24) is 10.6 Å². The van der Waals surface area contributed by atoms with E-state index in [0.717, 1.165) is 13.0 Å². The van der Waals surface area contributed by atoms with Crippen LogP contribution in [0.3, 0.4) is 0 Å².